The first-order valence-corrected chi connectivity index (χ1v) is 7.52. The summed E-state index contributed by atoms with van der Waals surface area (Å²) in [7, 11) is 5.90. The van der Waals surface area contributed by atoms with Gasteiger partial charge in [0.1, 0.15) is 5.82 Å². The Labute approximate surface area is 127 Å². The van der Waals surface area contributed by atoms with Gasteiger partial charge in [0.25, 0.3) is 5.91 Å². The lowest BCUT2D eigenvalue weighted by molar-refractivity contribution is 0.0786. The maximum atomic E-state index is 12.1. The fourth-order valence-electron chi connectivity index (χ4n) is 1.84. The maximum Gasteiger partial charge on any atom is 0.274 e. The molecule has 0 unspecified atom stereocenters. The molecule has 0 radical (unpaired) electrons. The van der Waals surface area contributed by atoms with Crippen molar-refractivity contribution in [3.05, 3.63) is 17.8 Å². The third kappa shape index (κ3) is 6.53. The zero-order valence-electron chi connectivity index (χ0n) is 13.6. The van der Waals surface area contributed by atoms with E-state index in [1.807, 2.05) is 6.07 Å². The summed E-state index contributed by atoms with van der Waals surface area (Å²) >= 11 is 0. The van der Waals surface area contributed by atoms with Gasteiger partial charge in [0.2, 0.25) is 0 Å². The molecule has 0 saturated carbocycles. The molecule has 0 spiro atoms. The fourth-order valence-corrected chi connectivity index (χ4v) is 1.84. The summed E-state index contributed by atoms with van der Waals surface area (Å²) in [4.78, 5) is 15.9. The average Bonchev–Trinajstić information content (AvgIpc) is 2.49. The highest BCUT2D eigenvalue weighted by Gasteiger charge is 2.13. The van der Waals surface area contributed by atoms with Crippen LogP contribution in [0.5, 0.6) is 0 Å². The van der Waals surface area contributed by atoms with Crippen molar-refractivity contribution in [2.45, 2.75) is 26.2 Å². The first kappa shape index (κ1) is 17.4. The average molecular weight is 293 g/mol. The SMILES string of the molecule is CCCCN(C)C(=O)c1ccc(NCCCN(C)C)nn1. The summed E-state index contributed by atoms with van der Waals surface area (Å²) < 4.78 is 0. The fraction of sp³-hybridized carbons (Fsp3) is 0.667. The van der Waals surface area contributed by atoms with Crippen molar-refractivity contribution in [1.82, 2.24) is 20.0 Å². The molecule has 0 bridgehead atoms. The number of rotatable bonds is 9. The van der Waals surface area contributed by atoms with Crippen LogP contribution >= 0.6 is 0 Å². The van der Waals surface area contributed by atoms with Crippen molar-refractivity contribution >= 4 is 11.7 Å². The number of hydrogen-bond donors (Lipinski definition) is 1. The Balaban J connectivity index is 2.44. The van der Waals surface area contributed by atoms with Crippen molar-refractivity contribution < 1.29 is 4.79 Å². The molecule has 0 aliphatic rings. The van der Waals surface area contributed by atoms with E-state index in [0.717, 1.165) is 38.9 Å². The number of anilines is 1. The molecule has 0 aliphatic heterocycles. The number of aromatic nitrogens is 2. The van der Waals surface area contributed by atoms with Gasteiger partial charge in [-0.3, -0.25) is 4.79 Å². The van der Waals surface area contributed by atoms with Crippen LogP contribution in [-0.2, 0) is 0 Å². The van der Waals surface area contributed by atoms with Gasteiger partial charge in [0.05, 0.1) is 0 Å². The molecule has 1 aromatic heterocycles. The highest BCUT2D eigenvalue weighted by atomic mass is 16.2. The van der Waals surface area contributed by atoms with E-state index in [2.05, 4.69) is 41.4 Å². The summed E-state index contributed by atoms with van der Waals surface area (Å²) in [6.07, 6.45) is 3.11. The summed E-state index contributed by atoms with van der Waals surface area (Å²) in [5.74, 6) is 0.636. The minimum atomic E-state index is -0.0740. The van der Waals surface area contributed by atoms with Crippen LogP contribution in [-0.4, -0.2) is 66.7 Å². The number of unbranched alkanes of at least 4 members (excludes halogenated alkanes) is 1. The monoisotopic (exact) mass is 293 g/mol. The van der Waals surface area contributed by atoms with Crippen molar-refractivity contribution in [1.29, 1.82) is 0 Å². The number of nitrogens with zero attached hydrogens (tertiary/aromatic N) is 4. The van der Waals surface area contributed by atoms with Gasteiger partial charge in [-0.25, -0.2) is 0 Å². The molecule has 6 heteroatoms. The Morgan fingerprint density at radius 1 is 1.14 bits per heavy atom. The van der Waals surface area contributed by atoms with Crippen LogP contribution in [0.15, 0.2) is 12.1 Å². The lowest BCUT2D eigenvalue weighted by atomic mass is 10.3. The lowest BCUT2D eigenvalue weighted by Crippen LogP contribution is -2.28. The number of carbonyl (C=O) groups is 1. The van der Waals surface area contributed by atoms with Gasteiger partial charge < -0.3 is 15.1 Å². The Hall–Kier alpha value is -1.69. The molecule has 21 heavy (non-hydrogen) atoms. The molecule has 6 nitrogen and oxygen atoms in total. The van der Waals surface area contributed by atoms with Crippen LogP contribution in [0, 0.1) is 0 Å². The second-order valence-corrected chi connectivity index (χ2v) is 5.47. The van der Waals surface area contributed by atoms with Gasteiger partial charge in [0.15, 0.2) is 5.69 Å². The number of amides is 1. The second-order valence-electron chi connectivity index (χ2n) is 5.47. The van der Waals surface area contributed by atoms with Gasteiger partial charge >= 0.3 is 0 Å². The van der Waals surface area contributed by atoms with E-state index in [0.29, 0.717) is 11.5 Å². The van der Waals surface area contributed by atoms with Gasteiger partial charge in [-0.2, -0.15) is 0 Å². The van der Waals surface area contributed by atoms with Gasteiger partial charge in [-0.1, -0.05) is 13.3 Å². The normalized spacial score (nSPS) is 10.7. The minimum Gasteiger partial charge on any atom is -0.369 e. The number of hydrogen-bond acceptors (Lipinski definition) is 5. The highest BCUT2D eigenvalue weighted by Crippen LogP contribution is 2.05. The Morgan fingerprint density at radius 2 is 1.90 bits per heavy atom. The van der Waals surface area contributed by atoms with E-state index in [-0.39, 0.29) is 5.91 Å². The van der Waals surface area contributed by atoms with Gasteiger partial charge in [-0.15, -0.1) is 10.2 Å². The number of nitrogens with one attached hydrogen (secondary N) is 1. The molecule has 118 valence electrons. The van der Waals surface area contributed by atoms with Crippen LogP contribution in [0.25, 0.3) is 0 Å². The van der Waals surface area contributed by atoms with E-state index < -0.39 is 0 Å². The van der Waals surface area contributed by atoms with Gasteiger partial charge in [0, 0.05) is 20.1 Å². The molecule has 1 heterocycles. The molecule has 1 N–H and O–H groups in total. The van der Waals surface area contributed by atoms with Crippen LogP contribution in [0.1, 0.15) is 36.7 Å². The van der Waals surface area contributed by atoms with E-state index in [1.165, 1.54) is 0 Å². The first-order valence-electron chi connectivity index (χ1n) is 7.52. The zero-order chi connectivity index (χ0) is 15.7. The third-order valence-electron chi connectivity index (χ3n) is 3.17. The molecule has 0 aliphatic carbocycles. The van der Waals surface area contributed by atoms with E-state index in [9.17, 15) is 4.79 Å². The predicted molar refractivity (Wildman–Crippen MR) is 85.6 cm³/mol. The van der Waals surface area contributed by atoms with Crippen LogP contribution in [0.2, 0.25) is 0 Å². The predicted octanol–water partition coefficient (Wildman–Crippen LogP) is 1.71. The lowest BCUT2D eigenvalue weighted by Gasteiger charge is -2.15. The molecular formula is C15H27N5O. The van der Waals surface area contributed by atoms with E-state index in [1.54, 1.807) is 18.0 Å². The Bertz CT molecular complexity index is 419. The molecule has 0 fully saturated rings. The van der Waals surface area contributed by atoms with Crippen molar-refractivity contribution in [2.24, 2.45) is 0 Å². The summed E-state index contributed by atoms with van der Waals surface area (Å²) in [5.41, 5.74) is 0.396. The van der Waals surface area contributed by atoms with Crippen molar-refractivity contribution in [3.8, 4) is 0 Å². The van der Waals surface area contributed by atoms with Gasteiger partial charge in [-0.05, 0) is 45.6 Å². The summed E-state index contributed by atoms with van der Waals surface area (Å²) in [6, 6.07) is 3.54. The topological polar surface area (TPSA) is 61.4 Å². The molecule has 1 rings (SSSR count). The first-order chi connectivity index (χ1) is 10.0. The molecule has 0 saturated heterocycles. The molecular weight excluding hydrogens is 266 g/mol. The second kappa shape index (κ2) is 9.28. The summed E-state index contributed by atoms with van der Waals surface area (Å²) in [5, 5.41) is 11.3. The Morgan fingerprint density at radius 3 is 2.48 bits per heavy atom. The standard InChI is InChI=1S/C15H27N5O/c1-5-6-12-20(4)15(21)13-8-9-14(18-17-13)16-10-7-11-19(2)3/h8-9H,5-7,10-12H2,1-4H3,(H,16,18). The van der Waals surface area contributed by atoms with Crippen LogP contribution < -0.4 is 5.32 Å². The zero-order valence-corrected chi connectivity index (χ0v) is 13.6. The molecule has 1 amide bonds. The largest absolute Gasteiger partial charge is 0.369 e. The molecule has 1 aromatic rings. The molecule has 0 aromatic carbocycles. The third-order valence-corrected chi connectivity index (χ3v) is 3.17. The van der Waals surface area contributed by atoms with Crippen LogP contribution in [0.3, 0.4) is 0 Å². The maximum absolute atomic E-state index is 12.1. The van der Waals surface area contributed by atoms with Crippen molar-refractivity contribution in [3.63, 3.8) is 0 Å². The smallest absolute Gasteiger partial charge is 0.274 e. The highest BCUT2D eigenvalue weighted by molar-refractivity contribution is 5.92. The quantitative estimate of drug-likeness (QED) is 0.702. The van der Waals surface area contributed by atoms with Crippen molar-refractivity contribution in [2.75, 3.05) is 46.1 Å². The van der Waals surface area contributed by atoms with E-state index in [4.69, 9.17) is 0 Å². The molecule has 0 atom stereocenters. The Kier molecular flexibility index (Phi) is 7.68. The summed E-state index contributed by atoms with van der Waals surface area (Å²) in [6.45, 7) is 4.73. The van der Waals surface area contributed by atoms with Crippen LogP contribution in [0.4, 0.5) is 5.82 Å². The van der Waals surface area contributed by atoms with E-state index >= 15 is 0 Å². The number of carbonyl (C=O) groups excluding carboxylic acids is 1. The minimum absolute atomic E-state index is 0.0740.